The summed E-state index contributed by atoms with van der Waals surface area (Å²) >= 11 is 22.9. The lowest BCUT2D eigenvalue weighted by Crippen LogP contribution is -2.19. The first-order valence-corrected chi connectivity index (χ1v) is 12.6. The van der Waals surface area contributed by atoms with E-state index < -0.39 is 0 Å². The molecule has 0 unspecified atom stereocenters. The molecule has 1 aliphatic rings. The van der Waals surface area contributed by atoms with Gasteiger partial charge < -0.3 is 14.8 Å². The zero-order valence-electron chi connectivity index (χ0n) is 17.6. The Morgan fingerprint density at radius 3 is 2.59 bits per heavy atom. The molecule has 0 aliphatic carbocycles. The second-order valence-electron chi connectivity index (χ2n) is 6.99. The van der Waals surface area contributed by atoms with Crippen LogP contribution in [0.2, 0.25) is 15.1 Å². The molecule has 1 heterocycles. The number of methoxy groups -OCH3 is 1. The quantitative estimate of drug-likeness (QED) is 0.293. The maximum atomic E-state index is 12.5. The van der Waals surface area contributed by atoms with Crippen molar-refractivity contribution < 1.29 is 14.3 Å². The molecule has 3 aromatic rings. The van der Waals surface area contributed by atoms with Crippen molar-refractivity contribution in [2.24, 2.45) is 4.99 Å². The number of ether oxygens (including phenoxy) is 2. The van der Waals surface area contributed by atoms with E-state index in [4.69, 9.17) is 44.3 Å². The van der Waals surface area contributed by atoms with Crippen molar-refractivity contribution in [1.82, 2.24) is 5.32 Å². The molecule has 0 bridgehead atoms. The molecular weight excluding hydrogens is 583 g/mol. The standard InChI is InChI=1S/C24H16BrCl3N2O3S/c1-32-19-9-14(16(25)11-20(19)33-12-13-5-7-15(26)8-6-13)10-21-23(31)30-24(34-21)29-18-4-2-3-17(27)22(18)28/h2-11H,12H2,1H3,(H,29,30,31)/b21-10+. The molecule has 174 valence electrons. The third kappa shape index (κ3) is 5.90. The maximum absolute atomic E-state index is 12.5. The Morgan fingerprint density at radius 2 is 1.85 bits per heavy atom. The van der Waals surface area contributed by atoms with Crippen LogP contribution in [0.25, 0.3) is 6.08 Å². The number of halogens is 4. The van der Waals surface area contributed by atoms with Crippen LogP contribution >= 0.6 is 62.5 Å². The van der Waals surface area contributed by atoms with Gasteiger partial charge in [-0.15, -0.1) is 0 Å². The summed E-state index contributed by atoms with van der Waals surface area (Å²) in [4.78, 5) is 17.4. The van der Waals surface area contributed by atoms with Crippen molar-refractivity contribution in [3.8, 4) is 11.5 Å². The van der Waals surface area contributed by atoms with Crippen molar-refractivity contribution in [1.29, 1.82) is 0 Å². The molecule has 0 aromatic heterocycles. The summed E-state index contributed by atoms with van der Waals surface area (Å²) in [6, 6.07) is 16.2. The second-order valence-corrected chi connectivity index (χ2v) is 10.1. The van der Waals surface area contributed by atoms with E-state index in [1.165, 1.54) is 11.8 Å². The van der Waals surface area contributed by atoms with Gasteiger partial charge in [0.1, 0.15) is 6.61 Å². The molecule has 34 heavy (non-hydrogen) atoms. The van der Waals surface area contributed by atoms with Crippen LogP contribution in [0.4, 0.5) is 5.69 Å². The highest BCUT2D eigenvalue weighted by atomic mass is 79.9. The Labute approximate surface area is 224 Å². The number of carbonyl (C=O) groups is 1. The molecule has 0 radical (unpaired) electrons. The fourth-order valence-electron chi connectivity index (χ4n) is 2.99. The lowest BCUT2D eigenvalue weighted by Gasteiger charge is -2.13. The lowest BCUT2D eigenvalue weighted by atomic mass is 10.1. The molecule has 1 saturated heterocycles. The molecule has 0 saturated carbocycles. The highest BCUT2D eigenvalue weighted by Crippen LogP contribution is 2.38. The van der Waals surface area contributed by atoms with E-state index in [2.05, 4.69) is 26.2 Å². The molecular formula is C24H16BrCl3N2O3S. The summed E-state index contributed by atoms with van der Waals surface area (Å²) in [7, 11) is 1.56. The highest BCUT2D eigenvalue weighted by molar-refractivity contribution is 9.10. The van der Waals surface area contributed by atoms with Gasteiger partial charge >= 0.3 is 0 Å². The summed E-state index contributed by atoms with van der Waals surface area (Å²) < 4.78 is 12.2. The van der Waals surface area contributed by atoms with Gasteiger partial charge in [0.2, 0.25) is 0 Å². The number of carbonyl (C=O) groups excluding carboxylic acids is 1. The third-order valence-electron chi connectivity index (χ3n) is 4.68. The molecule has 0 spiro atoms. The van der Waals surface area contributed by atoms with E-state index in [1.54, 1.807) is 43.5 Å². The largest absolute Gasteiger partial charge is 0.493 e. The average Bonchev–Trinajstić information content (AvgIpc) is 3.16. The van der Waals surface area contributed by atoms with Gasteiger partial charge in [-0.25, -0.2) is 4.99 Å². The van der Waals surface area contributed by atoms with Crippen LogP contribution in [0.3, 0.4) is 0 Å². The van der Waals surface area contributed by atoms with Gasteiger partial charge in [-0.3, -0.25) is 4.79 Å². The number of amides is 1. The minimum atomic E-state index is -0.268. The van der Waals surface area contributed by atoms with Crippen LogP contribution in [-0.4, -0.2) is 18.2 Å². The number of hydrogen-bond acceptors (Lipinski definition) is 5. The van der Waals surface area contributed by atoms with E-state index in [9.17, 15) is 4.79 Å². The number of nitrogens with one attached hydrogen (secondary N) is 1. The van der Waals surface area contributed by atoms with Crippen LogP contribution in [-0.2, 0) is 11.4 Å². The summed E-state index contributed by atoms with van der Waals surface area (Å²) in [5.41, 5.74) is 2.19. The Hall–Kier alpha value is -2.16. The smallest absolute Gasteiger partial charge is 0.264 e. The number of amidine groups is 1. The Balaban J connectivity index is 1.55. The van der Waals surface area contributed by atoms with Gasteiger partial charge in [0, 0.05) is 9.50 Å². The van der Waals surface area contributed by atoms with Gasteiger partial charge in [0.05, 0.1) is 27.7 Å². The van der Waals surface area contributed by atoms with E-state index in [0.29, 0.717) is 48.9 Å². The summed E-state index contributed by atoms with van der Waals surface area (Å²) in [5, 5.41) is 4.54. The minimum absolute atomic E-state index is 0.268. The van der Waals surface area contributed by atoms with Crippen molar-refractivity contribution >= 4 is 85.3 Å². The second kappa shape index (κ2) is 11.1. The van der Waals surface area contributed by atoms with Gasteiger partial charge in [-0.05, 0) is 65.4 Å². The number of benzene rings is 3. The molecule has 4 rings (SSSR count). The fraction of sp³-hybridized carbons (Fsp3) is 0.0833. The van der Waals surface area contributed by atoms with Crippen LogP contribution < -0.4 is 14.8 Å². The van der Waals surface area contributed by atoms with Gasteiger partial charge in [-0.1, -0.05) is 68.9 Å². The van der Waals surface area contributed by atoms with Crippen LogP contribution in [0.5, 0.6) is 11.5 Å². The fourth-order valence-corrected chi connectivity index (χ4v) is 4.71. The zero-order chi connectivity index (χ0) is 24.2. The van der Waals surface area contributed by atoms with Crippen molar-refractivity contribution in [3.05, 3.63) is 90.2 Å². The van der Waals surface area contributed by atoms with Crippen molar-refractivity contribution in [3.63, 3.8) is 0 Å². The first-order chi connectivity index (χ1) is 16.3. The van der Waals surface area contributed by atoms with Crippen molar-refractivity contribution in [2.45, 2.75) is 6.61 Å². The first-order valence-electron chi connectivity index (χ1n) is 9.82. The normalized spacial score (nSPS) is 15.6. The summed E-state index contributed by atoms with van der Waals surface area (Å²) in [5.74, 6) is 0.829. The van der Waals surface area contributed by atoms with Gasteiger partial charge in [-0.2, -0.15) is 0 Å². The predicted molar refractivity (Wildman–Crippen MR) is 144 cm³/mol. The molecule has 10 heteroatoms. The topological polar surface area (TPSA) is 59.9 Å². The molecule has 1 fully saturated rings. The molecule has 1 aliphatic heterocycles. The van der Waals surface area contributed by atoms with Gasteiger partial charge in [0.15, 0.2) is 16.7 Å². The number of thioether (sulfide) groups is 1. The van der Waals surface area contributed by atoms with E-state index >= 15 is 0 Å². The van der Waals surface area contributed by atoms with Gasteiger partial charge in [0.25, 0.3) is 5.91 Å². The molecule has 1 N–H and O–H groups in total. The molecule has 1 amide bonds. The van der Waals surface area contributed by atoms with Crippen LogP contribution in [0, 0.1) is 0 Å². The maximum Gasteiger partial charge on any atom is 0.264 e. The SMILES string of the molecule is COc1cc(/C=C2/SC(=Nc3cccc(Cl)c3Cl)NC2=O)c(Br)cc1OCc1ccc(Cl)cc1. The Kier molecular flexibility index (Phi) is 8.11. The molecule has 5 nitrogen and oxygen atoms in total. The van der Waals surface area contributed by atoms with E-state index in [-0.39, 0.29) is 5.91 Å². The van der Waals surface area contributed by atoms with Crippen LogP contribution in [0.15, 0.2) is 69.0 Å². The van der Waals surface area contributed by atoms with E-state index in [1.807, 2.05) is 24.3 Å². The predicted octanol–water partition coefficient (Wildman–Crippen LogP) is 7.89. The minimum Gasteiger partial charge on any atom is -0.493 e. The molecule has 3 aromatic carbocycles. The number of hydrogen-bond donors (Lipinski definition) is 1. The Bertz CT molecular complexity index is 1310. The van der Waals surface area contributed by atoms with Crippen molar-refractivity contribution in [2.75, 3.05) is 7.11 Å². The number of aliphatic imine (C=N–C) groups is 1. The lowest BCUT2D eigenvalue weighted by molar-refractivity contribution is -0.115. The molecule has 0 atom stereocenters. The summed E-state index contributed by atoms with van der Waals surface area (Å²) in [6.45, 7) is 0.352. The van der Waals surface area contributed by atoms with Crippen LogP contribution in [0.1, 0.15) is 11.1 Å². The Morgan fingerprint density at radius 1 is 1.09 bits per heavy atom. The number of nitrogens with zero attached hydrogens (tertiary/aromatic N) is 1. The third-order valence-corrected chi connectivity index (χ3v) is 7.34. The van der Waals surface area contributed by atoms with E-state index in [0.717, 1.165) is 15.6 Å². The summed E-state index contributed by atoms with van der Waals surface area (Å²) in [6.07, 6.45) is 1.75. The first kappa shape index (κ1) is 24.9. The average molecular weight is 599 g/mol. The highest BCUT2D eigenvalue weighted by Gasteiger charge is 2.25. The number of rotatable bonds is 6. The monoisotopic (exact) mass is 596 g/mol. The zero-order valence-corrected chi connectivity index (χ0v) is 22.2.